The molecule has 1 amide bonds. The molecule has 216 valence electrons. The molecule has 2 aliphatic heterocycles. The van der Waals surface area contributed by atoms with Crippen molar-refractivity contribution >= 4 is 28.7 Å². The topological polar surface area (TPSA) is 117 Å². The van der Waals surface area contributed by atoms with Crippen molar-refractivity contribution in [2.24, 2.45) is 17.8 Å². The van der Waals surface area contributed by atoms with Crippen molar-refractivity contribution in [1.29, 1.82) is 0 Å². The first-order valence-corrected chi connectivity index (χ1v) is 14.7. The van der Waals surface area contributed by atoms with Crippen LogP contribution in [0.4, 0.5) is 10.6 Å². The summed E-state index contributed by atoms with van der Waals surface area (Å²) in [5.74, 6) is 3.29. The molecular formula is C30H42N6O4. The number of carbonyl (C=O) groups excluding carboxylic acids is 2. The maximum Gasteiger partial charge on any atom is 0.410 e. The van der Waals surface area contributed by atoms with Gasteiger partial charge in [-0.05, 0) is 64.4 Å². The number of hydrogen-bond acceptors (Lipinski definition) is 8. The van der Waals surface area contributed by atoms with E-state index in [9.17, 15) is 9.59 Å². The minimum Gasteiger partial charge on any atom is -0.444 e. The number of ether oxygens (including phenoxy) is 1. The molecule has 0 bridgehead atoms. The predicted molar refractivity (Wildman–Crippen MR) is 152 cm³/mol. The number of aromatic amines is 1. The van der Waals surface area contributed by atoms with Gasteiger partial charge in [0.15, 0.2) is 11.5 Å². The lowest BCUT2D eigenvalue weighted by Crippen LogP contribution is -2.35. The normalized spacial score (nSPS) is 22.4. The van der Waals surface area contributed by atoms with Gasteiger partial charge in [0.1, 0.15) is 29.2 Å². The van der Waals surface area contributed by atoms with Gasteiger partial charge in [-0.3, -0.25) is 4.79 Å². The number of carbonyl (C=O) groups is 2. The fourth-order valence-corrected chi connectivity index (χ4v) is 5.97. The lowest BCUT2D eigenvalue weighted by molar-refractivity contribution is 0.0287. The van der Waals surface area contributed by atoms with E-state index in [-0.39, 0.29) is 23.4 Å². The second kappa shape index (κ2) is 11.6. The van der Waals surface area contributed by atoms with Gasteiger partial charge in [0, 0.05) is 43.7 Å². The molecule has 0 aromatic carbocycles. The summed E-state index contributed by atoms with van der Waals surface area (Å²) < 4.78 is 10.8. The fraction of sp³-hybridized carbons (Fsp3) is 0.633. The molecule has 1 atom stereocenters. The molecule has 6 rings (SSSR count). The minimum atomic E-state index is -0.375. The minimum absolute atomic E-state index is 0.106. The van der Waals surface area contributed by atoms with Crippen molar-refractivity contribution in [2.75, 3.05) is 24.5 Å². The Labute approximate surface area is 235 Å². The first-order chi connectivity index (χ1) is 19.1. The van der Waals surface area contributed by atoms with Crippen LogP contribution in [0.2, 0.25) is 0 Å². The Hall–Kier alpha value is -3.43. The first kappa shape index (κ1) is 28.1. The highest BCUT2D eigenvalue weighted by molar-refractivity contribution is 5.98. The third-order valence-corrected chi connectivity index (χ3v) is 8.07. The van der Waals surface area contributed by atoms with Gasteiger partial charge in [-0.15, -0.1) is 0 Å². The molecule has 3 aromatic heterocycles. The van der Waals surface area contributed by atoms with Gasteiger partial charge in [0.2, 0.25) is 0 Å². The Balaban J connectivity index is 0.000000186. The number of likely N-dealkylation sites (tertiary alicyclic amines) is 1. The highest BCUT2D eigenvalue weighted by atomic mass is 16.6. The van der Waals surface area contributed by atoms with Crippen LogP contribution in [0.15, 0.2) is 23.1 Å². The van der Waals surface area contributed by atoms with Crippen LogP contribution in [0.3, 0.4) is 0 Å². The molecule has 1 saturated carbocycles. The largest absolute Gasteiger partial charge is 0.444 e. The summed E-state index contributed by atoms with van der Waals surface area (Å²) >= 11 is 0. The van der Waals surface area contributed by atoms with Crippen molar-refractivity contribution in [3.05, 3.63) is 35.6 Å². The molecule has 5 heterocycles. The van der Waals surface area contributed by atoms with Crippen LogP contribution < -0.4 is 4.90 Å². The maximum atomic E-state index is 12.7. The van der Waals surface area contributed by atoms with Gasteiger partial charge in [-0.25, -0.2) is 14.8 Å². The van der Waals surface area contributed by atoms with E-state index >= 15 is 0 Å². The molecule has 1 aliphatic carbocycles. The number of aromatic nitrogens is 4. The Bertz CT molecular complexity index is 1340. The Morgan fingerprint density at radius 2 is 2.00 bits per heavy atom. The van der Waals surface area contributed by atoms with Gasteiger partial charge >= 0.3 is 6.09 Å². The molecule has 2 fully saturated rings. The van der Waals surface area contributed by atoms with Gasteiger partial charge in [0.25, 0.3) is 0 Å². The zero-order chi connectivity index (χ0) is 28.4. The summed E-state index contributed by atoms with van der Waals surface area (Å²) in [6, 6.07) is 1.98. The first-order valence-electron chi connectivity index (χ1n) is 14.7. The predicted octanol–water partition coefficient (Wildman–Crippen LogP) is 5.78. The SMILES string of the molecule is CC1CC(C(=O)c2noc3c2CN(c2ncnc4[nH]ccc24)CC3)C1.CCCC1CCN(C(=O)OC(C)(C)C)C1. The van der Waals surface area contributed by atoms with E-state index < -0.39 is 0 Å². The van der Waals surface area contributed by atoms with Gasteiger partial charge in [-0.1, -0.05) is 25.4 Å². The van der Waals surface area contributed by atoms with Crippen molar-refractivity contribution in [3.8, 4) is 0 Å². The molecular weight excluding hydrogens is 508 g/mol. The van der Waals surface area contributed by atoms with E-state index in [1.165, 1.54) is 12.8 Å². The number of anilines is 1. The number of fused-ring (bicyclic) bond motifs is 2. The fourth-order valence-electron chi connectivity index (χ4n) is 5.97. The van der Waals surface area contributed by atoms with Gasteiger partial charge in [-0.2, -0.15) is 0 Å². The van der Waals surface area contributed by atoms with E-state index in [0.717, 1.165) is 73.5 Å². The molecule has 0 radical (unpaired) electrons. The number of H-pyrrole nitrogens is 1. The van der Waals surface area contributed by atoms with Crippen LogP contribution in [0.25, 0.3) is 11.0 Å². The molecule has 1 saturated heterocycles. The van der Waals surface area contributed by atoms with E-state index in [1.54, 1.807) is 6.33 Å². The molecule has 10 nitrogen and oxygen atoms in total. The number of amides is 1. The summed E-state index contributed by atoms with van der Waals surface area (Å²) in [7, 11) is 0. The molecule has 0 spiro atoms. The molecule has 3 aliphatic rings. The Kier molecular flexibility index (Phi) is 8.14. The summed E-state index contributed by atoms with van der Waals surface area (Å²) in [5.41, 5.74) is 1.90. The molecule has 1 unspecified atom stereocenters. The lowest BCUT2D eigenvalue weighted by Gasteiger charge is -2.31. The second-order valence-corrected chi connectivity index (χ2v) is 12.5. The highest BCUT2D eigenvalue weighted by Gasteiger charge is 2.37. The van der Waals surface area contributed by atoms with Gasteiger partial charge in [0.05, 0.1) is 11.9 Å². The molecule has 40 heavy (non-hydrogen) atoms. The third-order valence-electron chi connectivity index (χ3n) is 8.07. The number of ketones is 1. The Morgan fingerprint density at radius 1 is 1.20 bits per heavy atom. The van der Waals surface area contributed by atoms with Crippen molar-refractivity contribution < 1.29 is 18.8 Å². The molecule has 10 heteroatoms. The average molecular weight is 551 g/mol. The van der Waals surface area contributed by atoms with Crippen LogP contribution in [0, 0.1) is 17.8 Å². The van der Waals surface area contributed by atoms with Crippen LogP contribution in [0.5, 0.6) is 0 Å². The quantitative estimate of drug-likeness (QED) is 0.397. The molecule has 1 N–H and O–H groups in total. The van der Waals surface area contributed by atoms with E-state index in [4.69, 9.17) is 9.26 Å². The maximum absolute atomic E-state index is 12.7. The van der Waals surface area contributed by atoms with Crippen LogP contribution >= 0.6 is 0 Å². The van der Waals surface area contributed by atoms with Gasteiger partial charge < -0.3 is 24.0 Å². The third kappa shape index (κ3) is 6.15. The van der Waals surface area contributed by atoms with E-state index in [0.29, 0.717) is 24.1 Å². The number of hydrogen-bond donors (Lipinski definition) is 1. The summed E-state index contributed by atoms with van der Waals surface area (Å²) in [5, 5.41) is 5.10. The summed E-state index contributed by atoms with van der Waals surface area (Å²) in [6.45, 7) is 13.2. The van der Waals surface area contributed by atoms with Crippen molar-refractivity contribution in [2.45, 2.75) is 85.3 Å². The number of nitrogens with zero attached hydrogens (tertiary/aromatic N) is 5. The van der Waals surface area contributed by atoms with Crippen LogP contribution in [-0.4, -0.2) is 62.1 Å². The summed E-state index contributed by atoms with van der Waals surface area (Å²) in [4.78, 5) is 40.3. The van der Waals surface area contributed by atoms with Crippen LogP contribution in [0.1, 0.15) is 88.5 Å². The van der Waals surface area contributed by atoms with Crippen molar-refractivity contribution in [3.63, 3.8) is 0 Å². The van der Waals surface area contributed by atoms with Crippen molar-refractivity contribution in [1.82, 2.24) is 25.0 Å². The molecule has 3 aromatic rings. The lowest BCUT2D eigenvalue weighted by atomic mass is 9.73. The summed E-state index contributed by atoms with van der Waals surface area (Å²) in [6.07, 6.45) is 9.48. The van der Waals surface area contributed by atoms with E-state index in [1.807, 2.05) is 37.9 Å². The van der Waals surface area contributed by atoms with Crippen LogP contribution in [-0.2, 0) is 17.7 Å². The zero-order valence-corrected chi connectivity index (χ0v) is 24.4. The Morgan fingerprint density at radius 3 is 2.73 bits per heavy atom. The van der Waals surface area contributed by atoms with E-state index in [2.05, 4.69) is 38.9 Å². The second-order valence-electron chi connectivity index (χ2n) is 12.5. The average Bonchev–Trinajstić information content (AvgIpc) is 3.65. The number of rotatable bonds is 5. The standard InChI is InChI=1S/C18H19N5O2.C12H23NO2/c1-10-6-11(7-10)16(24)15-13-8-23(5-3-14(13)25-22-15)18-12-2-4-19-17(12)20-9-21-18;1-5-6-10-7-8-13(9-10)11(14)15-12(2,3)4/h2,4,9-11H,3,5-8H2,1H3,(H,19,20,21);10H,5-9H2,1-4H3. The zero-order valence-electron chi connectivity index (χ0n) is 24.4. The highest BCUT2D eigenvalue weighted by Crippen LogP contribution is 2.37. The monoisotopic (exact) mass is 550 g/mol. The smallest absolute Gasteiger partial charge is 0.410 e. The number of nitrogens with one attached hydrogen (secondary N) is 1. The number of Topliss-reactive ketones (excluding diaryl/α,β-unsaturated/α-hetero) is 1.